The van der Waals surface area contributed by atoms with Crippen molar-refractivity contribution in [3.8, 4) is 0 Å². The molecule has 4 fully saturated rings. The fourth-order valence-electron chi connectivity index (χ4n) is 8.37. The fraction of sp³-hybridized carbons (Fsp3) is 0.783. The number of ether oxygens (including phenoxy) is 1. The molecular formula is C23H30O2. The van der Waals surface area contributed by atoms with Gasteiger partial charge < -0.3 is 4.74 Å². The molecule has 6 rings (SSSR count). The Morgan fingerprint density at radius 1 is 1.08 bits per heavy atom. The first-order chi connectivity index (χ1) is 12.1. The van der Waals surface area contributed by atoms with Crippen LogP contribution in [-0.4, -0.2) is 18.0 Å². The maximum atomic E-state index is 11.9. The van der Waals surface area contributed by atoms with E-state index in [1.807, 2.05) is 6.08 Å². The molecule has 3 unspecified atom stereocenters. The number of carbonyl (C=O) groups excluding carboxylic acids is 1. The first kappa shape index (κ1) is 15.2. The van der Waals surface area contributed by atoms with Crippen molar-refractivity contribution in [2.75, 3.05) is 6.61 Å². The zero-order valence-electron chi connectivity index (χ0n) is 15.4. The Morgan fingerprint density at radius 3 is 2.72 bits per heavy atom. The van der Waals surface area contributed by atoms with Crippen molar-refractivity contribution in [1.29, 1.82) is 0 Å². The van der Waals surface area contributed by atoms with E-state index >= 15 is 0 Å². The maximum absolute atomic E-state index is 11.9. The van der Waals surface area contributed by atoms with Crippen LogP contribution in [0.4, 0.5) is 0 Å². The molecule has 0 aromatic carbocycles. The second-order valence-electron chi connectivity index (χ2n) is 10.2. The number of hydrogen-bond acceptors (Lipinski definition) is 2. The Morgan fingerprint density at radius 2 is 1.96 bits per heavy atom. The molecule has 1 heterocycles. The topological polar surface area (TPSA) is 26.3 Å². The van der Waals surface area contributed by atoms with Crippen molar-refractivity contribution in [2.45, 2.75) is 70.3 Å². The quantitative estimate of drug-likeness (QED) is 0.591. The summed E-state index contributed by atoms with van der Waals surface area (Å²) < 4.78 is 6.58. The van der Waals surface area contributed by atoms with Crippen LogP contribution >= 0.6 is 0 Å². The molecule has 1 aliphatic heterocycles. The number of allylic oxidation sites excluding steroid dienone is 1. The van der Waals surface area contributed by atoms with Gasteiger partial charge in [-0.05, 0) is 81.1 Å². The molecule has 5 aliphatic carbocycles. The Hall–Kier alpha value is -0.890. The summed E-state index contributed by atoms with van der Waals surface area (Å²) in [6.07, 6.45) is 18.1. The van der Waals surface area contributed by atoms with Crippen LogP contribution in [-0.2, 0) is 9.53 Å². The van der Waals surface area contributed by atoms with Crippen molar-refractivity contribution < 1.29 is 9.53 Å². The normalized spacial score (nSPS) is 52.0. The molecule has 25 heavy (non-hydrogen) atoms. The first-order valence-corrected chi connectivity index (χ1v) is 10.6. The summed E-state index contributed by atoms with van der Waals surface area (Å²) in [4.78, 5) is 11.9. The van der Waals surface area contributed by atoms with Crippen molar-refractivity contribution in [3.63, 3.8) is 0 Å². The van der Waals surface area contributed by atoms with Gasteiger partial charge >= 0.3 is 0 Å². The second kappa shape index (κ2) is 4.68. The number of hydrogen-bond donors (Lipinski definition) is 0. The predicted octanol–water partition coefficient (Wildman–Crippen LogP) is 4.84. The lowest BCUT2D eigenvalue weighted by Gasteiger charge is -2.56. The van der Waals surface area contributed by atoms with E-state index in [4.69, 9.17) is 4.74 Å². The highest BCUT2D eigenvalue weighted by atomic mass is 16.5. The van der Waals surface area contributed by atoms with Gasteiger partial charge in [-0.15, -0.1) is 0 Å². The molecule has 6 atom stereocenters. The number of rotatable bonds is 0. The largest absolute Gasteiger partial charge is 0.366 e. The first-order valence-electron chi connectivity index (χ1n) is 10.6. The van der Waals surface area contributed by atoms with E-state index in [9.17, 15) is 4.79 Å². The van der Waals surface area contributed by atoms with Gasteiger partial charge in [-0.25, -0.2) is 0 Å². The summed E-state index contributed by atoms with van der Waals surface area (Å²) in [6, 6.07) is 0. The summed E-state index contributed by atoms with van der Waals surface area (Å²) in [5.41, 5.74) is 2.36. The molecule has 0 radical (unpaired) electrons. The molecule has 2 nitrogen and oxygen atoms in total. The van der Waals surface area contributed by atoms with Gasteiger partial charge in [-0.3, -0.25) is 4.79 Å². The molecule has 2 heteroatoms. The Labute approximate surface area is 151 Å². The average molecular weight is 338 g/mol. The Balaban J connectivity index is 1.39. The van der Waals surface area contributed by atoms with Gasteiger partial charge in [0.05, 0.1) is 12.2 Å². The van der Waals surface area contributed by atoms with Gasteiger partial charge in [0, 0.05) is 17.3 Å². The minimum absolute atomic E-state index is 0.0499. The van der Waals surface area contributed by atoms with Crippen LogP contribution in [0.25, 0.3) is 0 Å². The SMILES string of the molecule is C[C@]12CCC3C(CCC4=CC(=O)CC[C@@H]43)C1CC1(CC1)[C@@]21C=CCO1. The predicted molar refractivity (Wildman–Crippen MR) is 97.0 cm³/mol. The lowest BCUT2D eigenvalue weighted by atomic mass is 9.50. The average Bonchev–Trinajstić information content (AvgIpc) is 3.14. The van der Waals surface area contributed by atoms with Crippen molar-refractivity contribution in [2.24, 2.45) is 34.5 Å². The molecule has 134 valence electrons. The standard InChI is InChI=1S/C23H30O2/c1-21-9-7-18-17-6-4-16(24)13-15(17)3-5-19(18)20(21)14-22(10-11-22)23(21)8-2-12-25-23/h2,8,13,17-20H,3-7,9-12,14H2,1H3/t17-,18?,19?,20?,21-,23+/m0/s1. The maximum Gasteiger partial charge on any atom is 0.155 e. The molecule has 0 bridgehead atoms. The van der Waals surface area contributed by atoms with Gasteiger partial charge in [-0.1, -0.05) is 24.6 Å². The van der Waals surface area contributed by atoms with E-state index in [0.717, 1.165) is 37.2 Å². The molecule has 0 aromatic heterocycles. The van der Waals surface area contributed by atoms with Crippen LogP contribution in [0.3, 0.4) is 0 Å². The summed E-state index contributed by atoms with van der Waals surface area (Å²) in [5.74, 6) is 3.63. The summed E-state index contributed by atoms with van der Waals surface area (Å²) in [5, 5.41) is 0. The zero-order chi connectivity index (χ0) is 16.9. The van der Waals surface area contributed by atoms with E-state index < -0.39 is 0 Å². The van der Waals surface area contributed by atoms with Crippen LogP contribution in [0, 0.1) is 34.5 Å². The van der Waals surface area contributed by atoms with Crippen molar-refractivity contribution in [3.05, 3.63) is 23.8 Å². The van der Waals surface area contributed by atoms with Crippen LogP contribution < -0.4 is 0 Å². The van der Waals surface area contributed by atoms with Gasteiger partial charge in [0.25, 0.3) is 0 Å². The number of ketones is 1. The molecular weight excluding hydrogens is 308 g/mol. The minimum atomic E-state index is 0.0499. The molecule has 6 aliphatic rings. The van der Waals surface area contributed by atoms with Crippen LogP contribution in [0.5, 0.6) is 0 Å². The molecule has 0 aromatic rings. The van der Waals surface area contributed by atoms with Gasteiger partial charge in [0.2, 0.25) is 0 Å². The van der Waals surface area contributed by atoms with E-state index in [-0.39, 0.29) is 5.60 Å². The molecule has 0 N–H and O–H groups in total. The lowest BCUT2D eigenvalue weighted by Crippen LogP contribution is -2.54. The van der Waals surface area contributed by atoms with E-state index in [1.165, 1.54) is 50.5 Å². The zero-order valence-corrected chi connectivity index (χ0v) is 15.4. The number of carbonyl (C=O) groups is 1. The third-order valence-electron chi connectivity index (χ3n) is 9.55. The summed E-state index contributed by atoms with van der Waals surface area (Å²) in [7, 11) is 0. The Bertz CT molecular complexity index is 699. The van der Waals surface area contributed by atoms with Gasteiger partial charge in [0.15, 0.2) is 5.78 Å². The van der Waals surface area contributed by atoms with E-state index in [1.54, 1.807) is 0 Å². The van der Waals surface area contributed by atoms with E-state index in [0.29, 0.717) is 22.5 Å². The monoisotopic (exact) mass is 338 g/mol. The van der Waals surface area contributed by atoms with Crippen LogP contribution in [0.15, 0.2) is 23.8 Å². The van der Waals surface area contributed by atoms with Gasteiger partial charge in [-0.2, -0.15) is 0 Å². The Kier molecular flexibility index (Phi) is 2.85. The van der Waals surface area contributed by atoms with Crippen molar-refractivity contribution in [1.82, 2.24) is 0 Å². The highest BCUT2D eigenvalue weighted by molar-refractivity contribution is 5.91. The molecule has 0 amide bonds. The molecule has 2 spiro atoms. The highest BCUT2D eigenvalue weighted by Gasteiger charge is 2.76. The van der Waals surface area contributed by atoms with Crippen LogP contribution in [0.2, 0.25) is 0 Å². The smallest absolute Gasteiger partial charge is 0.155 e. The summed E-state index contributed by atoms with van der Waals surface area (Å²) >= 11 is 0. The molecule has 0 saturated heterocycles. The summed E-state index contributed by atoms with van der Waals surface area (Å²) in [6.45, 7) is 3.40. The lowest BCUT2D eigenvalue weighted by molar-refractivity contribution is -0.129. The van der Waals surface area contributed by atoms with E-state index in [2.05, 4.69) is 19.1 Å². The fourth-order valence-corrected chi connectivity index (χ4v) is 8.37. The van der Waals surface area contributed by atoms with Gasteiger partial charge in [0.1, 0.15) is 0 Å². The molecule has 4 saturated carbocycles. The van der Waals surface area contributed by atoms with Crippen molar-refractivity contribution >= 4 is 5.78 Å². The second-order valence-corrected chi connectivity index (χ2v) is 10.2. The third kappa shape index (κ3) is 1.69. The van der Waals surface area contributed by atoms with Crippen LogP contribution in [0.1, 0.15) is 64.7 Å². The third-order valence-corrected chi connectivity index (χ3v) is 9.55. The minimum Gasteiger partial charge on any atom is -0.366 e. The number of fused-ring (bicyclic) bond motifs is 7. The highest BCUT2D eigenvalue weighted by Crippen LogP contribution is 2.78.